The first-order chi connectivity index (χ1) is 12.6. The van der Waals surface area contributed by atoms with Gasteiger partial charge in [0.1, 0.15) is 6.33 Å². The van der Waals surface area contributed by atoms with E-state index in [0.29, 0.717) is 5.69 Å². The van der Waals surface area contributed by atoms with E-state index >= 15 is 0 Å². The first kappa shape index (κ1) is 23.6. The number of nitrogens with two attached hydrogens (primary N) is 1. The summed E-state index contributed by atoms with van der Waals surface area (Å²) in [6.07, 6.45) is 1.70. The van der Waals surface area contributed by atoms with E-state index in [9.17, 15) is 4.79 Å². The number of aromatic nitrogens is 3. The van der Waals surface area contributed by atoms with Gasteiger partial charge in [-0.15, -0.1) is 35.0 Å². The third kappa shape index (κ3) is 5.32. The first-order valence-electron chi connectivity index (χ1n) is 8.69. The lowest BCUT2D eigenvalue weighted by molar-refractivity contribution is -0.120. The second kappa shape index (κ2) is 10.8. The number of halogens is 2. The highest BCUT2D eigenvalue weighted by Crippen LogP contribution is 2.23. The Morgan fingerprint density at radius 3 is 2.54 bits per heavy atom. The maximum Gasteiger partial charge on any atom is 0.229 e. The van der Waals surface area contributed by atoms with E-state index in [2.05, 4.69) is 15.5 Å². The van der Waals surface area contributed by atoms with Crippen molar-refractivity contribution in [3.63, 3.8) is 0 Å². The van der Waals surface area contributed by atoms with Crippen molar-refractivity contribution in [1.29, 1.82) is 0 Å². The number of hydrogen-bond acceptors (Lipinski definition) is 4. The summed E-state index contributed by atoms with van der Waals surface area (Å²) >= 11 is 0. The van der Waals surface area contributed by atoms with E-state index in [-0.39, 0.29) is 42.7 Å². The summed E-state index contributed by atoms with van der Waals surface area (Å²) < 4.78 is 1.95. The number of carbonyl (C=O) groups is 1. The van der Waals surface area contributed by atoms with Crippen molar-refractivity contribution in [3.8, 4) is 11.4 Å². The van der Waals surface area contributed by atoms with Crippen LogP contribution >= 0.6 is 24.8 Å². The van der Waals surface area contributed by atoms with E-state index < -0.39 is 0 Å². The molecule has 0 fully saturated rings. The van der Waals surface area contributed by atoms with Gasteiger partial charge in [-0.1, -0.05) is 49.4 Å². The molecule has 2 atom stereocenters. The van der Waals surface area contributed by atoms with Crippen LogP contribution in [0.4, 0.5) is 5.69 Å². The number of nitrogens with zero attached hydrogens (tertiary/aromatic N) is 3. The van der Waals surface area contributed by atoms with Crippen LogP contribution in [0.25, 0.3) is 11.4 Å². The van der Waals surface area contributed by atoms with Crippen molar-refractivity contribution in [2.45, 2.75) is 26.4 Å². The summed E-state index contributed by atoms with van der Waals surface area (Å²) in [5, 5.41) is 11.1. The van der Waals surface area contributed by atoms with Crippen LogP contribution in [0.2, 0.25) is 0 Å². The Balaban J connectivity index is 0.00000196. The van der Waals surface area contributed by atoms with Crippen LogP contribution in [0.15, 0.2) is 60.9 Å². The van der Waals surface area contributed by atoms with Crippen molar-refractivity contribution in [1.82, 2.24) is 14.8 Å². The van der Waals surface area contributed by atoms with Crippen LogP contribution in [0.3, 0.4) is 0 Å². The predicted molar refractivity (Wildman–Crippen MR) is 117 cm³/mol. The average molecular weight is 422 g/mol. The Kier molecular flexibility index (Phi) is 9.12. The van der Waals surface area contributed by atoms with Crippen molar-refractivity contribution in [3.05, 3.63) is 66.5 Å². The molecule has 3 rings (SSSR count). The Hall–Kier alpha value is -2.41. The fraction of sp³-hybridized carbons (Fsp3) is 0.250. The number of hydrogen-bond donors (Lipinski definition) is 2. The molecule has 3 N–H and O–H groups in total. The van der Waals surface area contributed by atoms with Gasteiger partial charge in [-0.25, -0.2) is 0 Å². The second-order valence-corrected chi connectivity index (χ2v) is 6.24. The number of anilines is 1. The standard InChI is InChI=1S/C20H23N5O.2ClH/c1-3-25-13-22-24-19(25)16-10-7-11-17(12-16)23-20(26)14(2)18(21)15-8-5-4-6-9-15;;/h4-14,18H,3,21H2,1-2H3,(H,23,26);2*1H. The van der Waals surface area contributed by atoms with Crippen molar-refractivity contribution in [2.24, 2.45) is 11.7 Å². The number of amides is 1. The largest absolute Gasteiger partial charge is 0.326 e. The Morgan fingerprint density at radius 2 is 1.86 bits per heavy atom. The molecule has 0 bridgehead atoms. The van der Waals surface area contributed by atoms with E-state index in [1.165, 1.54) is 0 Å². The molecule has 0 radical (unpaired) electrons. The number of benzene rings is 2. The SMILES string of the molecule is CCn1cnnc1-c1cccc(NC(=O)C(C)C(N)c2ccccc2)c1.Cl.Cl. The monoisotopic (exact) mass is 421 g/mol. The quantitative estimate of drug-likeness (QED) is 0.627. The molecule has 0 spiro atoms. The van der Waals surface area contributed by atoms with Gasteiger partial charge in [0, 0.05) is 23.8 Å². The fourth-order valence-electron chi connectivity index (χ4n) is 2.83. The smallest absolute Gasteiger partial charge is 0.229 e. The highest BCUT2D eigenvalue weighted by molar-refractivity contribution is 5.93. The molecular weight excluding hydrogens is 397 g/mol. The average Bonchev–Trinajstić information content (AvgIpc) is 3.16. The summed E-state index contributed by atoms with van der Waals surface area (Å²) in [5.41, 5.74) is 8.82. The number of aryl methyl sites for hydroxylation is 1. The molecule has 1 amide bonds. The zero-order valence-electron chi connectivity index (χ0n) is 15.8. The molecule has 1 heterocycles. The Bertz CT molecular complexity index is 885. The van der Waals surface area contributed by atoms with Crippen molar-refractivity contribution < 1.29 is 4.79 Å². The van der Waals surface area contributed by atoms with Gasteiger partial charge in [-0.3, -0.25) is 4.79 Å². The van der Waals surface area contributed by atoms with Crippen LogP contribution in [0, 0.1) is 5.92 Å². The predicted octanol–water partition coefficient (Wildman–Crippen LogP) is 4.08. The number of rotatable bonds is 6. The van der Waals surface area contributed by atoms with Crippen LogP contribution < -0.4 is 11.1 Å². The zero-order valence-corrected chi connectivity index (χ0v) is 17.4. The first-order valence-corrected chi connectivity index (χ1v) is 8.69. The highest BCUT2D eigenvalue weighted by atomic mass is 35.5. The Labute approximate surface area is 177 Å². The molecule has 150 valence electrons. The molecular formula is C20H25Cl2N5O. The minimum Gasteiger partial charge on any atom is -0.326 e. The van der Waals surface area contributed by atoms with Gasteiger partial charge in [0.05, 0.1) is 5.92 Å². The Morgan fingerprint density at radius 1 is 1.14 bits per heavy atom. The van der Waals surface area contributed by atoms with E-state index in [1.54, 1.807) is 6.33 Å². The summed E-state index contributed by atoms with van der Waals surface area (Å²) in [4.78, 5) is 12.6. The van der Waals surface area contributed by atoms with Gasteiger partial charge >= 0.3 is 0 Å². The molecule has 6 nitrogen and oxygen atoms in total. The van der Waals surface area contributed by atoms with Gasteiger partial charge in [0.15, 0.2) is 5.82 Å². The third-order valence-electron chi connectivity index (χ3n) is 4.48. The molecule has 0 aliphatic carbocycles. The molecule has 28 heavy (non-hydrogen) atoms. The van der Waals surface area contributed by atoms with E-state index in [4.69, 9.17) is 5.73 Å². The molecule has 0 saturated heterocycles. The topological polar surface area (TPSA) is 85.8 Å². The second-order valence-electron chi connectivity index (χ2n) is 6.24. The molecule has 8 heteroatoms. The van der Waals surface area contributed by atoms with Crippen LogP contribution in [0.1, 0.15) is 25.5 Å². The number of carbonyl (C=O) groups excluding carboxylic acids is 1. The molecule has 0 aliphatic rings. The summed E-state index contributed by atoms with van der Waals surface area (Å²) in [7, 11) is 0. The molecule has 2 aromatic carbocycles. The highest BCUT2D eigenvalue weighted by Gasteiger charge is 2.22. The molecule has 0 aliphatic heterocycles. The summed E-state index contributed by atoms with van der Waals surface area (Å²) in [6, 6.07) is 16.9. The molecule has 1 aromatic heterocycles. The van der Waals surface area contributed by atoms with Crippen molar-refractivity contribution in [2.75, 3.05) is 5.32 Å². The molecule has 0 saturated carbocycles. The maximum atomic E-state index is 12.6. The van der Waals surface area contributed by atoms with Gasteiger partial charge in [0.25, 0.3) is 0 Å². The lowest BCUT2D eigenvalue weighted by Crippen LogP contribution is -2.30. The minimum absolute atomic E-state index is 0. The number of nitrogens with one attached hydrogen (secondary N) is 1. The normalized spacial score (nSPS) is 12.2. The third-order valence-corrected chi connectivity index (χ3v) is 4.48. The summed E-state index contributed by atoms with van der Waals surface area (Å²) in [5.74, 6) is 0.299. The van der Waals surface area contributed by atoms with Crippen LogP contribution in [-0.4, -0.2) is 20.7 Å². The van der Waals surface area contributed by atoms with Gasteiger partial charge < -0.3 is 15.6 Å². The van der Waals surface area contributed by atoms with Crippen molar-refractivity contribution >= 4 is 36.4 Å². The van der Waals surface area contributed by atoms with Gasteiger partial charge in [-0.2, -0.15) is 0 Å². The maximum absolute atomic E-state index is 12.6. The van der Waals surface area contributed by atoms with E-state index in [0.717, 1.165) is 23.5 Å². The molecule has 2 unspecified atom stereocenters. The van der Waals surface area contributed by atoms with Gasteiger partial charge in [-0.05, 0) is 24.6 Å². The molecule has 3 aromatic rings. The lowest BCUT2D eigenvalue weighted by atomic mass is 9.94. The summed E-state index contributed by atoms with van der Waals surface area (Å²) in [6.45, 7) is 4.65. The zero-order chi connectivity index (χ0) is 18.5. The van der Waals surface area contributed by atoms with Crippen LogP contribution in [0.5, 0.6) is 0 Å². The lowest BCUT2D eigenvalue weighted by Gasteiger charge is -2.20. The fourth-order valence-corrected chi connectivity index (χ4v) is 2.83. The van der Waals surface area contributed by atoms with Crippen LogP contribution in [-0.2, 0) is 11.3 Å². The van der Waals surface area contributed by atoms with Gasteiger partial charge in [0.2, 0.25) is 5.91 Å². The minimum atomic E-state index is -0.361. The van der Waals surface area contributed by atoms with E-state index in [1.807, 2.05) is 73.0 Å².